The van der Waals surface area contributed by atoms with Gasteiger partial charge >= 0.3 is 6.18 Å². The van der Waals surface area contributed by atoms with Gasteiger partial charge in [0.15, 0.2) is 5.69 Å². The van der Waals surface area contributed by atoms with Gasteiger partial charge in [-0.1, -0.05) is 17.7 Å². The molecule has 0 saturated heterocycles. The highest BCUT2D eigenvalue weighted by Crippen LogP contribution is 2.38. The number of halogens is 4. The van der Waals surface area contributed by atoms with Crippen LogP contribution < -0.4 is 10.1 Å². The van der Waals surface area contributed by atoms with E-state index in [0.717, 1.165) is 0 Å². The molecule has 0 radical (unpaired) electrons. The highest BCUT2D eigenvalue weighted by molar-refractivity contribution is 7.91. The normalized spacial score (nSPS) is 18.6. The molecule has 1 N–H and O–H groups in total. The molecule has 206 valence electrons. The van der Waals surface area contributed by atoms with Crippen LogP contribution in [0.1, 0.15) is 61.5 Å². The van der Waals surface area contributed by atoms with Gasteiger partial charge < -0.3 is 10.1 Å². The average Bonchev–Trinajstić information content (AvgIpc) is 3.17. The number of carbonyl (C=O) groups excluding carboxylic acids is 1. The molecule has 7 nitrogen and oxygen atoms in total. The van der Waals surface area contributed by atoms with Gasteiger partial charge in [0, 0.05) is 31.3 Å². The van der Waals surface area contributed by atoms with E-state index in [4.69, 9.17) is 16.3 Å². The second-order valence-electron chi connectivity index (χ2n) is 9.51. The Morgan fingerprint density at radius 2 is 1.92 bits per heavy atom. The lowest BCUT2D eigenvalue weighted by atomic mass is 9.89. The number of nitrogens with one attached hydrogen (secondary N) is 1. The van der Waals surface area contributed by atoms with E-state index >= 15 is 0 Å². The summed E-state index contributed by atoms with van der Waals surface area (Å²) in [5, 5.41) is 7.12. The van der Waals surface area contributed by atoms with Crippen molar-refractivity contribution >= 4 is 27.3 Å². The predicted octanol–water partition coefficient (Wildman–Crippen LogP) is 5.45. The van der Waals surface area contributed by atoms with E-state index in [9.17, 15) is 26.4 Å². The number of hydrogen-bond donors (Lipinski definition) is 1. The van der Waals surface area contributed by atoms with Crippen LogP contribution in [0.5, 0.6) is 5.75 Å². The predicted molar refractivity (Wildman–Crippen MR) is 137 cm³/mol. The summed E-state index contributed by atoms with van der Waals surface area (Å²) in [4.78, 5) is 13.0. The molecule has 1 amide bonds. The summed E-state index contributed by atoms with van der Waals surface area (Å²) < 4.78 is 68.1. The van der Waals surface area contributed by atoms with Crippen LogP contribution in [0, 0.1) is 5.92 Å². The lowest BCUT2D eigenvalue weighted by molar-refractivity contribution is -0.135. The monoisotopic (exact) mass is 563 g/mol. The number of rotatable bonds is 10. The minimum Gasteiger partial charge on any atom is -0.496 e. The second-order valence-corrected chi connectivity index (χ2v) is 12.2. The van der Waals surface area contributed by atoms with Crippen LogP contribution in [0.2, 0.25) is 5.02 Å². The summed E-state index contributed by atoms with van der Waals surface area (Å²) in [6, 6.07) is 5.13. The Morgan fingerprint density at radius 3 is 2.49 bits per heavy atom. The van der Waals surface area contributed by atoms with E-state index < -0.39 is 28.3 Å². The zero-order valence-corrected chi connectivity index (χ0v) is 22.8. The first-order valence-corrected chi connectivity index (χ1v) is 14.6. The molecule has 2 aromatic rings. The van der Waals surface area contributed by atoms with Crippen LogP contribution in [0.25, 0.3) is 11.3 Å². The molecule has 0 unspecified atom stereocenters. The number of methoxy groups -OCH3 is 1. The minimum absolute atomic E-state index is 0.0279. The molecular weight excluding hydrogens is 531 g/mol. The van der Waals surface area contributed by atoms with Gasteiger partial charge in [-0.3, -0.25) is 9.48 Å². The fourth-order valence-electron chi connectivity index (χ4n) is 4.74. The maximum Gasteiger partial charge on any atom is 0.389 e. The summed E-state index contributed by atoms with van der Waals surface area (Å²) >= 11 is 6.64. The van der Waals surface area contributed by atoms with Gasteiger partial charge in [-0.2, -0.15) is 18.3 Å². The van der Waals surface area contributed by atoms with Crippen LogP contribution in [0.4, 0.5) is 13.2 Å². The van der Waals surface area contributed by atoms with Crippen molar-refractivity contribution in [1.29, 1.82) is 0 Å². The Bertz CT molecular complexity index is 1210. The number of alkyl halides is 3. The van der Waals surface area contributed by atoms with Crippen LogP contribution in [0.3, 0.4) is 0 Å². The average molecular weight is 564 g/mol. The van der Waals surface area contributed by atoms with E-state index in [-0.39, 0.29) is 34.7 Å². The molecule has 0 bridgehead atoms. The summed E-state index contributed by atoms with van der Waals surface area (Å²) in [7, 11) is -1.59. The third-order valence-electron chi connectivity index (χ3n) is 6.81. The molecule has 0 aliphatic heterocycles. The molecule has 1 aliphatic carbocycles. The van der Waals surface area contributed by atoms with Crippen molar-refractivity contribution < 1.29 is 31.1 Å². The van der Waals surface area contributed by atoms with Crippen molar-refractivity contribution in [3.63, 3.8) is 0 Å². The lowest BCUT2D eigenvalue weighted by Crippen LogP contribution is -2.34. The van der Waals surface area contributed by atoms with Crippen molar-refractivity contribution in [3.8, 4) is 17.0 Å². The number of aromatic nitrogens is 2. The quantitative estimate of drug-likeness (QED) is 0.415. The number of ether oxygens (including phenoxy) is 1. The molecule has 1 heterocycles. The third-order valence-corrected chi connectivity index (χ3v) is 8.85. The van der Waals surface area contributed by atoms with E-state index in [1.807, 2.05) is 6.92 Å². The molecule has 37 heavy (non-hydrogen) atoms. The molecule has 1 aromatic heterocycles. The summed E-state index contributed by atoms with van der Waals surface area (Å²) in [5.74, 6) is 0.181. The first-order valence-electron chi connectivity index (χ1n) is 12.3. The molecule has 3 rings (SSSR count). The zero-order valence-electron chi connectivity index (χ0n) is 21.2. The van der Waals surface area contributed by atoms with E-state index in [0.29, 0.717) is 61.3 Å². The zero-order chi connectivity index (χ0) is 27.4. The van der Waals surface area contributed by atoms with E-state index in [1.165, 1.54) is 13.4 Å². The first kappa shape index (κ1) is 29.3. The molecule has 1 fully saturated rings. The number of sulfone groups is 1. The molecule has 1 aromatic carbocycles. The Hall–Kier alpha value is -2.27. The van der Waals surface area contributed by atoms with E-state index in [1.54, 1.807) is 22.9 Å². The fraction of sp³-hybridized carbons (Fsp3) is 0.600. The van der Waals surface area contributed by atoms with Gasteiger partial charge in [0.25, 0.3) is 5.91 Å². The molecule has 0 atom stereocenters. The van der Waals surface area contributed by atoms with Crippen LogP contribution >= 0.6 is 11.6 Å². The highest BCUT2D eigenvalue weighted by Gasteiger charge is 2.29. The number of benzene rings is 1. The van der Waals surface area contributed by atoms with Crippen molar-refractivity contribution in [2.45, 2.75) is 69.8 Å². The second kappa shape index (κ2) is 12.1. The summed E-state index contributed by atoms with van der Waals surface area (Å²) in [6.45, 7) is 2.68. The van der Waals surface area contributed by atoms with Crippen LogP contribution in [-0.2, 0) is 22.8 Å². The third kappa shape index (κ3) is 7.63. The molecule has 0 spiro atoms. The van der Waals surface area contributed by atoms with Gasteiger partial charge in [-0.25, -0.2) is 8.42 Å². The van der Waals surface area contributed by atoms with Crippen molar-refractivity contribution in [2.24, 2.45) is 5.92 Å². The molecule has 1 aliphatic rings. The maximum absolute atomic E-state index is 13.0. The standard InChI is InChI=1S/C25H33ClF3N3O4S/c1-4-32-23(19-12-9-16(14-20(19)36-2)6-5-13-25(27,28)29)21(26)22(31-32)24(33)30-15-17-7-10-18(11-8-17)37(3,34)35/h9,12,14,17-18H,4-8,10-11,13,15H2,1-3H3,(H,30,33)/t17-,18-. The number of hydrogen-bond acceptors (Lipinski definition) is 5. The van der Waals surface area contributed by atoms with Crippen molar-refractivity contribution in [1.82, 2.24) is 15.1 Å². The fourth-order valence-corrected chi connectivity index (χ4v) is 6.19. The lowest BCUT2D eigenvalue weighted by Gasteiger charge is -2.27. The number of aryl methyl sites for hydroxylation is 2. The molecule has 12 heteroatoms. The van der Waals surface area contributed by atoms with Gasteiger partial charge in [-0.05, 0) is 69.1 Å². The molecule has 1 saturated carbocycles. The number of amides is 1. The first-order chi connectivity index (χ1) is 17.3. The minimum atomic E-state index is -4.20. The van der Waals surface area contributed by atoms with Gasteiger partial charge in [-0.15, -0.1) is 0 Å². The van der Waals surface area contributed by atoms with Crippen LogP contribution in [0.15, 0.2) is 18.2 Å². The highest BCUT2D eigenvalue weighted by atomic mass is 35.5. The maximum atomic E-state index is 13.0. The SMILES string of the molecule is CCn1nc(C(=O)NC[C@H]2CC[C@H](S(C)(=O)=O)CC2)c(Cl)c1-c1ccc(CCCC(F)(F)F)cc1OC. The largest absolute Gasteiger partial charge is 0.496 e. The topological polar surface area (TPSA) is 90.3 Å². The van der Waals surface area contributed by atoms with Crippen molar-refractivity contribution in [3.05, 3.63) is 34.5 Å². The number of nitrogens with zero attached hydrogens (tertiary/aromatic N) is 2. The Morgan fingerprint density at radius 1 is 1.24 bits per heavy atom. The summed E-state index contributed by atoms with van der Waals surface area (Å²) in [5.41, 5.74) is 1.84. The van der Waals surface area contributed by atoms with Gasteiger partial charge in [0.2, 0.25) is 0 Å². The smallest absolute Gasteiger partial charge is 0.389 e. The summed E-state index contributed by atoms with van der Waals surface area (Å²) in [6.07, 6.45) is -0.974. The van der Waals surface area contributed by atoms with Gasteiger partial charge in [0.05, 0.1) is 23.1 Å². The Labute approximate surface area is 220 Å². The van der Waals surface area contributed by atoms with E-state index in [2.05, 4.69) is 10.4 Å². The Balaban J connectivity index is 1.73. The van der Waals surface area contributed by atoms with Crippen LogP contribution in [-0.4, -0.2) is 55.4 Å². The van der Waals surface area contributed by atoms with Crippen molar-refractivity contribution in [2.75, 3.05) is 19.9 Å². The molecular formula is C25H33ClF3N3O4S. The Kier molecular flexibility index (Phi) is 9.55. The van der Waals surface area contributed by atoms with Gasteiger partial charge in [0.1, 0.15) is 15.6 Å². The number of carbonyl (C=O) groups is 1.